The number of nitrogens with one attached hydrogen (secondary N) is 2. The van der Waals surface area contributed by atoms with Crippen LogP contribution in [0.4, 0.5) is 5.69 Å². The van der Waals surface area contributed by atoms with Gasteiger partial charge in [-0.2, -0.15) is 0 Å². The van der Waals surface area contributed by atoms with Gasteiger partial charge in [0.25, 0.3) is 0 Å². The van der Waals surface area contributed by atoms with Crippen LogP contribution in [0, 0.1) is 11.8 Å². The first-order valence-corrected chi connectivity index (χ1v) is 9.86. The number of hydrogen-bond donors (Lipinski definition) is 2. The molecule has 1 saturated heterocycles. The van der Waals surface area contributed by atoms with E-state index in [2.05, 4.69) is 22.5 Å². The minimum Gasteiger partial charge on any atom is -0.493 e. The van der Waals surface area contributed by atoms with E-state index in [1.54, 1.807) is 19.5 Å². The number of amides is 1. The number of benzene rings is 1. The lowest BCUT2D eigenvalue weighted by atomic mass is 9.84. The zero-order valence-electron chi connectivity index (χ0n) is 16.6. The van der Waals surface area contributed by atoms with Gasteiger partial charge in [-0.15, -0.1) is 0 Å². The highest BCUT2D eigenvalue weighted by Crippen LogP contribution is 2.31. The normalized spacial score (nSPS) is 15.6. The summed E-state index contributed by atoms with van der Waals surface area (Å²) in [6, 6.07) is 9.28. The Bertz CT molecular complexity index is 761. The van der Waals surface area contributed by atoms with Crippen molar-refractivity contribution >= 4 is 11.6 Å². The second-order valence-corrected chi connectivity index (χ2v) is 7.33. The molecular formula is C22H29N3O3. The number of nitrogens with zero attached hydrogens (tertiary/aromatic N) is 1. The molecule has 150 valence electrons. The van der Waals surface area contributed by atoms with Crippen LogP contribution < -0.4 is 20.1 Å². The van der Waals surface area contributed by atoms with Crippen molar-refractivity contribution < 1.29 is 14.3 Å². The van der Waals surface area contributed by atoms with E-state index in [0.717, 1.165) is 31.5 Å². The molecular weight excluding hydrogens is 354 g/mol. The molecule has 0 bridgehead atoms. The summed E-state index contributed by atoms with van der Waals surface area (Å²) in [5, 5.41) is 6.37. The van der Waals surface area contributed by atoms with Crippen molar-refractivity contribution in [2.24, 2.45) is 11.8 Å². The summed E-state index contributed by atoms with van der Waals surface area (Å²) < 4.78 is 11.3. The average molecular weight is 383 g/mol. The SMILES string of the molecule is COc1ccc(NC(=O)CC(C)C2CCNCC2)cc1OCc1cccnc1. The molecule has 2 heterocycles. The van der Waals surface area contributed by atoms with E-state index in [1.165, 1.54) is 0 Å². The largest absolute Gasteiger partial charge is 0.493 e. The van der Waals surface area contributed by atoms with Crippen molar-refractivity contribution in [2.45, 2.75) is 32.8 Å². The van der Waals surface area contributed by atoms with Gasteiger partial charge in [0.1, 0.15) is 6.61 Å². The molecule has 1 amide bonds. The number of piperidine rings is 1. The van der Waals surface area contributed by atoms with Crippen molar-refractivity contribution in [3.05, 3.63) is 48.3 Å². The Morgan fingerprint density at radius 1 is 1.29 bits per heavy atom. The lowest BCUT2D eigenvalue weighted by molar-refractivity contribution is -0.117. The van der Waals surface area contributed by atoms with E-state index < -0.39 is 0 Å². The van der Waals surface area contributed by atoms with E-state index in [4.69, 9.17) is 9.47 Å². The summed E-state index contributed by atoms with van der Waals surface area (Å²) in [6.45, 7) is 4.65. The molecule has 6 heteroatoms. The summed E-state index contributed by atoms with van der Waals surface area (Å²) in [7, 11) is 1.60. The van der Waals surface area contributed by atoms with Gasteiger partial charge in [0, 0.05) is 36.1 Å². The number of carbonyl (C=O) groups excluding carboxylic acids is 1. The predicted molar refractivity (Wildman–Crippen MR) is 110 cm³/mol. The minimum atomic E-state index is 0.0365. The number of pyridine rings is 1. The van der Waals surface area contributed by atoms with E-state index >= 15 is 0 Å². The van der Waals surface area contributed by atoms with Gasteiger partial charge in [0.05, 0.1) is 7.11 Å². The molecule has 1 atom stereocenters. The number of carbonyl (C=O) groups is 1. The number of anilines is 1. The maximum Gasteiger partial charge on any atom is 0.224 e. The fraction of sp³-hybridized carbons (Fsp3) is 0.455. The molecule has 2 N–H and O–H groups in total. The van der Waals surface area contributed by atoms with E-state index in [0.29, 0.717) is 42.0 Å². The minimum absolute atomic E-state index is 0.0365. The van der Waals surface area contributed by atoms with Crippen LogP contribution in [-0.2, 0) is 11.4 Å². The summed E-state index contributed by atoms with van der Waals surface area (Å²) >= 11 is 0. The zero-order valence-corrected chi connectivity index (χ0v) is 16.6. The van der Waals surface area contributed by atoms with Crippen LogP contribution in [0.25, 0.3) is 0 Å². The quantitative estimate of drug-likeness (QED) is 0.728. The lowest BCUT2D eigenvalue weighted by Crippen LogP contribution is -2.32. The van der Waals surface area contributed by atoms with Gasteiger partial charge in [-0.3, -0.25) is 9.78 Å². The van der Waals surface area contributed by atoms with Crippen LogP contribution in [0.2, 0.25) is 0 Å². The average Bonchev–Trinajstić information content (AvgIpc) is 2.73. The Labute approximate surface area is 166 Å². The molecule has 3 rings (SSSR count). The lowest BCUT2D eigenvalue weighted by Gasteiger charge is -2.27. The van der Waals surface area contributed by atoms with Crippen LogP contribution in [0.15, 0.2) is 42.7 Å². The van der Waals surface area contributed by atoms with Crippen LogP contribution >= 0.6 is 0 Å². The second kappa shape index (κ2) is 10.1. The summed E-state index contributed by atoms with van der Waals surface area (Å²) in [4.78, 5) is 16.6. The molecule has 0 aliphatic carbocycles. The van der Waals surface area contributed by atoms with Gasteiger partial charge >= 0.3 is 0 Å². The van der Waals surface area contributed by atoms with Crippen molar-refractivity contribution in [1.29, 1.82) is 0 Å². The van der Waals surface area contributed by atoms with E-state index in [1.807, 2.05) is 30.3 Å². The van der Waals surface area contributed by atoms with Gasteiger partial charge in [-0.05, 0) is 56.0 Å². The number of hydrogen-bond acceptors (Lipinski definition) is 5. The monoisotopic (exact) mass is 383 g/mol. The molecule has 0 saturated carbocycles. The first-order valence-electron chi connectivity index (χ1n) is 9.86. The maximum absolute atomic E-state index is 12.5. The first kappa shape index (κ1) is 20.1. The molecule has 0 spiro atoms. The number of methoxy groups -OCH3 is 1. The Balaban J connectivity index is 1.59. The molecule has 1 fully saturated rings. The van der Waals surface area contributed by atoms with Crippen LogP contribution in [-0.4, -0.2) is 31.1 Å². The van der Waals surface area contributed by atoms with Crippen molar-refractivity contribution in [3.63, 3.8) is 0 Å². The molecule has 1 unspecified atom stereocenters. The van der Waals surface area contributed by atoms with Gasteiger partial charge in [0.15, 0.2) is 11.5 Å². The summed E-state index contributed by atoms with van der Waals surface area (Å²) in [5.41, 5.74) is 1.68. The molecule has 2 aromatic rings. The van der Waals surface area contributed by atoms with Gasteiger partial charge in [-0.1, -0.05) is 13.0 Å². The molecule has 6 nitrogen and oxygen atoms in total. The van der Waals surface area contributed by atoms with Crippen molar-refractivity contribution in [3.8, 4) is 11.5 Å². The van der Waals surface area contributed by atoms with Crippen LogP contribution in [0.1, 0.15) is 31.7 Å². The fourth-order valence-electron chi connectivity index (χ4n) is 3.60. The molecule has 1 aromatic carbocycles. The van der Waals surface area contributed by atoms with Gasteiger partial charge < -0.3 is 20.1 Å². The number of ether oxygens (including phenoxy) is 2. The Hall–Kier alpha value is -2.60. The fourth-order valence-corrected chi connectivity index (χ4v) is 3.60. The molecule has 0 radical (unpaired) electrons. The molecule has 1 aliphatic heterocycles. The van der Waals surface area contributed by atoms with Crippen LogP contribution in [0.5, 0.6) is 11.5 Å². The van der Waals surface area contributed by atoms with Crippen molar-refractivity contribution in [2.75, 3.05) is 25.5 Å². The smallest absolute Gasteiger partial charge is 0.224 e. The second-order valence-electron chi connectivity index (χ2n) is 7.33. The Morgan fingerprint density at radius 3 is 2.82 bits per heavy atom. The third-order valence-corrected chi connectivity index (χ3v) is 5.26. The topological polar surface area (TPSA) is 72.5 Å². The van der Waals surface area contributed by atoms with Crippen LogP contribution in [0.3, 0.4) is 0 Å². The highest BCUT2D eigenvalue weighted by molar-refractivity contribution is 5.91. The summed E-state index contributed by atoms with van der Waals surface area (Å²) in [5.74, 6) is 2.25. The highest BCUT2D eigenvalue weighted by atomic mass is 16.5. The standard InChI is InChI=1S/C22H29N3O3/c1-16(18-7-10-23-11-8-18)12-22(26)25-19-5-6-20(27-2)21(13-19)28-15-17-4-3-9-24-14-17/h3-6,9,13-14,16,18,23H,7-8,10-12,15H2,1-2H3,(H,25,26). The third-order valence-electron chi connectivity index (χ3n) is 5.26. The molecule has 28 heavy (non-hydrogen) atoms. The maximum atomic E-state index is 12.5. The van der Waals surface area contributed by atoms with Gasteiger partial charge in [0.2, 0.25) is 5.91 Å². The first-order chi connectivity index (χ1) is 13.7. The Morgan fingerprint density at radius 2 is 2.11 bits per heavy atom. The number of rotatable bonds is 8. The van der Waals surface area contributed by atoms with Gasteiger partial charge in [-0.25, -0.2) is 0 Å². The summed E-state index contributed by atoms with van der Waals surface area (Å²) in [6.07, 6.45) is 6.31. The highest BCUT2D eigenvalue weighted by Gasteiger charge is 2.22. The van der Waals surface area contributed by atoms with E-state index in [9.17, 15) is 4.79 Å². The predicted octanol–water partition coefficient (Wildman–Crippen LogP) is 3.63. The van der Waals surface area contributed by atoms with E-state index in [-0.39, 0.29) is 5.91 Å². The Kier molecular flexibility index (Phi) is 7.25. The number of aromatic nitrogens is 1. The molecule has 1 aromatic heterocycles. The van der Waals surface area contributed by atoms with Crippen molar-refractivity contribution in [1.82, 2.24) is 10.3 Å². The molecule has 1 aliphatic rings. The zero-order chi connectivity index (χ0) is 19.8. The third kappa shape index (κ3) is 5.70.